The predicted molar refractivity (Wildman–Crippen MR) is 90.8 cm³/mol. The summed E-state index contributed by atoms with van der Waals surface area (Å²) in [6.45, 7) is 2.38. The number of carbonyl (C=O) groups is 2. The van der Waals surface area contributed by atoms with Gasteiger partial charge >= 0.3 is 0 Å². The van der Waals surface area contributed by atoms with E-state index in [1.54, 1.807) is 30.2 Å². The number of nitrogen functional groups attached to an aromatic ring is 1. The van der Waals surface area contributed by atoms with Crippen molar-refractivity contribution >= 4 is 35.0 Å². The normalized spacial score (nSPS) is 14.4. The van der Waals surface area contributed by atoms with E-state index in [2.05, 4.69) is 5.32 Å². The molecule has 1 aromatic rings. The van der Waals surface area contributed by atoms with Crippen LogP contribution in [0.2, 0.25) is 0 Å². The minimum Gasteiger partial charge on any atom is -0.497 e. The summed E-state index contributed by atoms with van der Waals surface area (Å²) in [6, 6.07) is 5.06. The fraction of sp³-hybridized carbons (Fsp3) is 0.467. The summed E-state index contributed by atoms with van der Waals surface area (Å²) in [6.07, 6.45) is 0. The van der Waals surface area contributed by atoms with Crippen LogP contribution in [0.25, 0.3) is 0 Å². The molecule has 0 spiro atoms. The Morgan fingerprint density at radius 1 is 1.35 bits per heavy atom. The fourth-order valence-corrected chi connectivity index (χ4v) is 2.81. The molecule has 0 atom stereocenters. The molecule has 1 heterocycles. The lowest BCUT2D eigenvalue weighted by Crippen LogP contribution is -2.41. The molecule has 0 saturated carbocycles. The lowest BCUT2D eigenvalue weighted by molar-refractivity contribution is -0.132. The number of ether oxygens (including phenoxy) is 2. The Bertz CT molecular complexity index is 562. The number of hydrogen-bond donors (Lipinski definition) is 2. The van der Waals surface area contributed by atoms with E-state index in [4.69, 9.17) is 15.2 Å². The first-order chi connectivity index (χ1) is 11.1. The van der Waals surface area contributed by atoms with E-state index >= 15 is 0 Å². The van der Waals surface area contributed by atoms with E-state index in [0.717, 1.165) is 0 Å². The second kappa shape index (κ2) is 8.64. The molecule has 8 heteroatoms. The van der Waals surface area contributed by atoms with Crippen LogP contribution >= 0.6 is 11.8 Å². The Kier molecular flexibility index (Phi) is 6.54. The Morgan fingerprint density at radius 3 is 2.78 bits per heavy atom. The van der Waals surface area contributed by atoms with E-state index < -0.39 is 0 Å². The van der Waals surface area contributed by atoms with Crippen molar-refractivity contribution in [3.8, 4) is 5.75 Å². The number of rotatable bonds is 6. The topological polar surface area (TPSA) is 93.9 Å². The van der Waals surface area contributed by atoms with E-state index in [1.165, 1.54) is 11.8 Å². The number of anilines is 2. The van der Waals surface area contributed by atoms with Crippen molar-refractivity contribution in [1.29, 1.82) is 0 Å². The van der Waals surface area contributed by atoms with Crippen molar-refractivity contribution in [2.24, 2.45) is 0 Å². The summed E-state index contributed by atoms with van der Waals surface area (Å²) in [5.41, 5.74) is 6.79. The highest BCUT2D eigenvalue weighted by Crippen LogP contribution is 2.24. The minimum absolute atomic E-state index is 0.0343. The van der Waals surface area contributed by atoms with Gasteiger partial charge in [-0.25, -0.2) is 0 Å². The van der Waals surface area contributed by atoms with Gasteiger partial charge in [-0.1, -0.05) is 0 Å². The van der Waals surface area contributed by atoms with Gasteiger partial charge in [-0.3, -0.25) is 9.59 Å². The third-order valence-corrected chi connectivity index (χ3v) is 4.27. The lowest BCUT2D eigenvalue weighted by atomic mass is 10.2. The zero-order chi connectivity index (χ0) is 16.7. The van der Waals surface area contributed by atoms with Crippen molar-refractivity contribution in [2.75, 3.05) is 56.0 Å². The van der Waals surface area contributed by atoms with Crippen LogP contribution in [-0.4, -0.2) is 61.6 Å². The summed E-state index contributed by atoms with van der Waals surface area (Å²) in [5, 5.41) is 2.73. The van der Waals surface area contributed by atoms with Gasteiger partial charge in [0.15, 0.2) is 0 Å². The van der Waals surface area contributed by atoms with Crippen LogP contribution in [0.15, 0.2) is 18.2 Å². The summed E-state index contributed by atoms with van der Waals surface area (Å²) in [7, 11) is 1.55. The monoisotopic (exact) mass is 339 g/mol. The van der Waals surface area contributed by atoms with Crippen LogP contribution in [0.5, 0.6) is 5.75 Å². The van der Waals surface area contributed by atoms with Gasteiger partial charge in [0.1, 0.15) is 5.75 Å². The number of benzene rings is 1. The minimum atomic E-state index is -0.204. The maximum Gasteiger partial charge on any atom is 0.234 e. The van der Waals surface area contributed by atoms with Gasteiger partial charge in [0, 0.05) is 19.2 Å². The molecule has 23 heavy (non-hydrogen) atoms. The van der Waals surface area contributed by atoms with E-state index in [1.807, 2.05) is 0 Å². The van der Waals surface area contributed by atoms with Gasteiger partial charge < -0.3 is 25.4 Å². The molecule has 1 fully saturated rings. The highest BCUT2D eigenvalue weighted by molar-refractivity contribution is 8.00. The standard InChI is InChI=1S/C15H21N3O4S/c1-21-11-2-3-12(16)13(8-11)17-14(19)9-23-10-15(20)18-4-6-22-7-5-18/h2-3,8H,4-7,9-10,16H2,1H3,(H,17,19). The molecule has 1 saturated heterocycles. The molecule has 1 aliphatic rings. The second-order valence-corrected chi connectivity index (χ2v) is 5.97. The molecule has 7 nitrogen and oxygen atoms in total. The summed E-state index contributed by atoms with van der Waals surface area (Å²) in [4.78, 5) is 25.7. The number of methoxy groups -OCH3 is 1. The molecule has 0 unspecified atom stereocenters. The maximum absolute atomic E-state index is 12.0. The van der Waals surface area contributed by atoms with Crippen LogP contribution in [-0.2, 0) is 14.3 Å². The average molecular weight is 339 g/mol. The third kappa shape index (κ3) is 5.33. The van der Waals surface area contributed by atoms with Gasteiger partial charge in [0.25, 0.3) is 0 Å². The largest absolute Gasteiger partial charge is 0.497 e. The van der Waals surface area contributed by atoms with Crippen molar-refractivity contribution in [2.45, 2.75) is 0 Å². The smallest absolute Gasteiger partial charge is 0.234 e. The molecule has 1 aromatic carbocycles. The molecule has 126 valence electrons. The van der Waals surface area contributed by atoms with Gasteiger partial charge in [0.05, 0.1) is 43.2 Å². The SMILES string of the molecule is COc1ccc(N)c(NC(=O)CSCC(=O)N2CCOCC2)c1. The van der Waals surface area contributed by atoms with Gasteiger partial charge in [-0.2, -0.15) is 0 Å². The van der Waals surface area contributed by atoms with Crippen LogP contribution < -0.4 is 15.8 Å². The number of morpholine rings is 1. The van der Waals surface area contributed by atoms with E-state index in [0.29, 0.717) is 43.4 Å². The number of nitrogens with zero attached hydrogens (tertiary/aromatic N) is 1. The van der Waals surface area contributed by atoms with Crippen molar-refractivity contribution < 1.29 is 19.1 Å². The molecule has 0 radical (unpaired) electrons. The quantitative estimate of drug-likeness (QED) is 0.745. The first-order valence-corrected chi connectivity index (χ1v) is 8.42. The highest BCUT2D eigenvalue weighted by atomic mass is 32.2. The average Bonchev–Trinajstić information content (AvgIpc) is 2.57. The molecular weight excluding hydrogens is 318 g/mol. The molecule has 0 aromatic heterocycles. The number of nitrogens with one attached hydrogen (secondary N) is 1. The van der Waals surface area contributed by atoms with Gasteiger partial charge in [0.2, 0.25) is 11.8 Å². The Hall–Kier alpha value is -1.93. The Morgan fingerprint density at radius 2 is 2.09 bits per heavy atom. The predicted octanol–water partition coefficient (Wildman–Crippen LogP) is 0.808. The molecular formula is C15H21N3O4S. The van der Waals surface area contributed by atoms with E-state index in [-0.39, 0.29) is 23.3 Å². The lowest BCUT2D eigenvalue weighted by Gasteiger charge is -2.26. The van der Waals surface area contributed by atoms with E-state index in [9.17, 15) is 9.59 Å². The molecule has 3 N–H and O–H groups in total. The van der Waals surface area contributed by atoms with Gasteiger partial charge in [-0.15, -0.1) is 11.8 Å². The second-order valence-electron chi connectivity index (χ2n) is 4.99. The number of nitrogens with two attached hydrogens (primary N) is 1. The summed E-state index contributed by atoms with van der Waals surface area (Å²) >= 11 is 1.28. The highest BCUT2D eigenvalue weighted by Gasteiger charge is 2.17. The molecule has 2 amide bonds. The zero-order valence-corrected chi connectivity index (χ0v) is 13.9. The van der Waals surface area contributed by atoms with Crippen molar-refractivity contribution in [1.82, 2.24) is 4.90 Å². The van der Waals surface area contributed by atoms with Crippen molar-refractivity contribution in [3.05, 3.63) is 18.2 Å². The number of hydrogen-bond acceptors (Lipinski definition) is 6. The van der Waals surface area contributed by atoms with Crippen molar-refractivity contribution in [3.63, 3.8) is 0 Å². The first kappa shape index (κ1) is 17.4. The third-order valence-electron chi connectivity index (χ3n) is 3.36. The molecule has 0 aliphatic carbocycles. The number of thioether (sulfide) groups is 1. The van der Waals surface area contributed by atoms with Crippen LogP contribution in [0.3, 0.4) is 0 Å². The van der Waals surface area contributed by atoms with Crippen LogP contribution in [0.4, 0.5) is 11.4 Å². The first-order valence-electron chi connectivity index (χ1n) is 7.27. The van der Waals surface area contributed by atoms with Crippen LogP contribution in [0, 0.1) is 0 Å². The number of carbonyl (C=O) groups excluding carboxylic acids is 2. The van der Waals surface area contributed by atoms with Gasteiger partial charge in [-0.05, 0) is 12.1 Å². The Balaban J connectivity index is 1.75. The number of amides is 2. The Labute approximate surface area is 139 Å². The fourth-order valence-electron chi connectivity index (χ4n) is 2.09. The summed E-state index contributed by atoms with van der Waals surface area (Å²) in [5.74, 6) is 0.912. The zero-order valence-electron chi connectivity index (χ0n) is 13.0. The molecule has 2 rings (SSSR count). The maximum atomic E-state index is 12.0. The summed E-state index contributed by atoms with van der Waals surface area (Å²) < 4.78 is 10.3. The molecule has 0 bridgehead atoms. The van der Waals surface area contributed by atoms with Crippen LogP contribution in [0.1, 0.15) is 0 Å². The molecule has 1 aliphatic heterocycles.